The van der Waals surface area contributed by atoms with Crippen LogP contribution in [0.4, 0.5) is 5.13 Å². The Kier molecular flexibility index (Phi) is 3.76. The van der Waals surface area contributed by atoms with Gasteiger partial charge in [-0.05, 0) is 31.6 Å². The highest BCUT2D eigenvalue weighted by Crippen LogP contribution is 2.40. The minimum absolute atomic E-state index is 0.132. The van der Waals surface area contributed by atoms with Crippen LogP contribution in [-0.2, 0) is 0 Å². The van der Waals surface area contributed by atoms with Gasteiger partial charge in [0.05, 0.1) is 10.6 Å². The fourth-order valence-electron chi connectivity index (χ4n) is 2.77. The quantitative estimate of drug-likeness (QED) is 0.780. The van der Waals surface area contributed by atoms with Crippen LogP contribution in [0.25, 0.3) is 0 Å². The molecule has 4 heteroatoms. The molecule has 0 aliphatic carbocycles. The molecule has 2 rings (SSSR count). The third-order valence-corrected chi connectivity index (χ3v) is 5.63. The molecule has 100 valence electrons. The molecule has 0 bridgehead atoms. The molecule has 0 amide bonds. The number of rotatable bonds is 4. The van der Waals surface area contributed by atoms with Crippen LogP contribution in [0.2, 0.25) is 0 Å². The van der Waals surface area contributed by atoms with Crippen molar-refractivity contribution in [2.75, 3.05) is 18.0 Å². The number of ketones is 1. The number of carbonyl (C=O) groups excluding carboxylic acids is 1. The van der Waals surface area contributed by atoms with Crippen LogP contribution in [0.1, 0.15) is 55.4 Å². The highest BCUT2D eigenvalue weighted by Gasteiger charge is 2.36. The van der Waals surface area contributed by atoms with Gasteiger partial charge in [0.1, 0.15) is 0 Å². The summed E-state index contributed by atoms with van der Waals surface area (Å²) in [5.74, 6) is 0.132. The number of thiazole rings is 1. The third kappa shape index (κ3) is 2.30. The molecule has 2 heterocycles. The average molecular weight is 266 g/mol. The summed E-state index contributed by atoms with van der Waals surface area (Å²) in [4.78, 5) is 19.2. The van der Waals surface area contributed by atoms with Gasteiger partial charge in [0.25, 0.3) is 0 Å². The molecule has 0 atom stereocenters. The van der Waals surface area contributed by atoms with Gasteiger partial charge in [0.15, 0.2) is 10.9 Å². The molecule has 0 unspecified atom stereocenters. The van der Waals surface area contributed by atoms with Gasteiger partial charge in [-0.3, -0.25) is 4.79 Å². The van der Waals surface area contributed by atoms with E-state index < -0.39 is 0 Å². The first-order valence-electron chi connectivity index (χ1n) is 6.74. The molecule has 1 aromatic heterocycles. The molecule has 18 heavy (non-hydrogen) atoms. The second-order valence-corrected chi connectivity index (χ2v) is 6.32. The first-order chi connectivity index (χ1) is 8.51. The van der Waals surface area contributed by atoms with E-state index in [1.165, 1.54) is 19.3 Å². The topological polar surface area (TPSA) is 33.2 Å². The smallest absolute Gasteiger partial charge is 0.186 e. The largest absolute Gasteiger partial charge is 0.347 e. The molecule has 0 aromatic carbocycles. The molecule has 0 spiro atoms. The Labute approximate surface area is 113 Å². The van der Waals surface area contributed by atoms with Gasteiger partial charge in [0, 0.05) is 20.0 Å². The van der Waals surface area contributed by atoms with E-state index in [2.05, 4.69) is 23.7 Å². The van der Waals surface area contributed by atoms with Gasteiger partial charge in [-0.2, -0.15) is 0 Å². The second kappa shape index (κ2) is 5.00. The standard InChI is InChI=1S/C14H22N2OS/c1-5-14(6-2)7-8-16(9-14)13-15-10(3)12(18-13)11(4)17/h5-9H2,1-4H3. The molecule has 1 saturated heterocycles. The van der Waals surface area contributed by atoms with Gasteiger partial charge in [-0.1, -0.05) is 25.2 Å². The average Bonchev–Trinajstić information content (AvgIpc) is 2.93. The Morgan fingerprint density at radius 1 is 1.44 bits per heavy atom. The molecule has 1 aromatic rings. The zero-order valence-electron chi connectivity index (χ0n) is 11.7. The van der Waals surface area contributed by atoms with Crippen LogP contribution in [0, 0.1) is 12.3 Å². The SMILES string of the molecule is CCC1(CC)CCN(c2nc(C)c(C(C)=O)s2)C1. The molecule has 0 N–H and O–H groups in total. The Hall–Kier alpha value is -0.900. The van der Waals surface area contributed by atoms with E-state index in [0.717, 1.165) is 28.8 Å². The number of hydrogen-bond acceptors (Lipinski definition) is 4. The van der Waals surface area contributed by atoms with E-state index in [4.69, 9.17) is 0 Å². The monoisotopic (exact) mass is 266 g/mol. The van der Waals surface area contributed by atoms with Gasteiger partial charge >= 0.3 is 0 Å². The van der Waals surface area contributed by atoms with Crippen molar-refractivity contribution in [2.24, 2.45) is 5.41 Å². The van der Waals surface area contributed by atoms with E-state index >= 15 is 0 Å². The highest BCUT2D eigenvalue weighted by atomic mass is 32.1. The molecule has 1 aliphatic rings. The summed E-state index contributed by atoms with van der Waals surface area (Å²) in [6.45, 7) is 10.3. The minimum atomic E-state index is 0.132. The van der Waals surface area contributed by atoms with E-state index in [1.807, 2.05) is 6.92 Å². The third-order valence-electron chi connectivity index (χ3n) is 4.31. The maximum atomic E-state index is 11.5. The lowest BCUT2D eigenvalue weighted by Crippen LogP contribution is -2.25. The zero-order chi connectivity index (χ0) is 13.3. The van der Waals surface area contributed by atoms with Crippen molar-refractivity contribution in [3.8, 4) is 0 Å². The van der Waals surface area contributed by atoms with Gasteiger partial charge < -0.3 is 4.90 Å². The number of nitrogens with zero attached hydrogens (tertiary/aromatic N) is 2. The molecular formula is C14H22N2OS. The van der Waals surface area contributed by atoms with Crippen LogP contribution in [0.5, 0.6) is 0 Å². The molecule has 1 aliphatic heterocycles. The predicted octanol–water partition coefficient (Wildman–Crippen LogP) is 3.67. The molecule has 0 radical (unpaired) electrons. The minimum Gasteiger partial charge on any atom is -0.347 e. The Bertz CT molecular complexity index is 449. The van der Waals surface area contributed by atoms with Crippen LogP contribution in [0.15, 0.2) is 0 Å². The van der Waals surface area contributed by atoms with Crippen molar-refractivity contribution >= 4 is 22.3 Å². The predicted molar refractivity (Wildman–Crippen MR) is 76.7 cm³/mol. The fraction of sp³-hybridized carbons (Fsp3) is 0.714. The molecule has 3 nitrogen and oxygen atoms in total. The Morgan fingerprint density at radius 3 is 2.56 bits per heavy atom. The van der Waals surface area contributed by atoms with E-state index in [1.54, 1.807) is 18.3 Å². The van der Waals surface area contributed by atoms with Crippen LogP contribution in [-0.4, -0.2) is 23.9 Å². The van der Waals surface area contributed by atoms with Crippen molar-refractivity contribution in [3.63, 3.8) is 0 Å². The van der Waals surface area contributed by atoms with E-state index in [9.17, 15) is 4.79 Å². The first-order valence-corrected chi connectivity index (χ1v) is 7.56. The van der Waals surface area contributed by atoms with Crippen LogP contribution >= 0.6 is 11.3 Å². The normalized spacial score (nSPS) is 18.3. The summed E-state index contributed by atoms with van der Waals surface area (Å²) < 4.78 is 0. The zero-order valence-corrected chi connectivity index (χ0v) is 12.6. The Balaban J connectivity index is 2.19. The second-order valence-electron chi connectivity index (χ2n) is 5.35. The maximum Gasteiger partial charge on any atom is 0.186 e. The van der Waals surface area contributed by atoms with Crippen molar-refractivity contribution in [1.29, 1.82) is 0 Å². The van der Waals surface area contributed by atoms with Crippen LogP contribution in [0.3, 0.4) is 0 Å². The van der Waals surface area contributed by atoms with Crippen molar-refractivity contribution in [3.05, 3.63) is 10.6 Å². The molecule has 0 saturated carbocycles. The summed E-state index contributed by atoms with van der Waals surface area (Å²) in [5, 5.41) is 1.03. The highest BCUT2D eigenvalue weighted by molar-refractivity contribution is 7.17. The summed E-state index contributed by atoms with van der Waals surface area (Å²) in [5.41, 5.74) is 1.34. The van der Waals surface area contributed by atoms with Crippen LogP contribution < -0.4 is 4.90 Å². The summed E-state index contributed by atoms with van der Waals surface area (Å²) in [6.07, 6.45) is 3.70. The number of Topliss-reactive ketones (excluding diaryl/α,β-unsaturated/α-hetero) is 1. The number of aryl methyl sites for hydroxylation is 1. The summed E-state index contributed by atoms with van der Waals surface area (Å²) >= 11 is 1.55. The fourth-order valence-corrected chi connectivity index (χ4v) is 3.76. The van der Waals surface area contributed by atoms with Crippen molar-refractivity contribution < 1.29 is 4.79 Å². The van der Waals surface area contributed by atoms with Gasteiger partial charge in [-0.25, -0.2) is 4.98 Å². The van der Waals surface area contributed by atoms with Gasteiger partial charge in [-0.15, -0.1) is 0 Å². The number of carbonyl (C=O) groups is 1. The summed E-state index contributed by atoms with van der Waals surface area (Å²) in [6, 6.07) is 0. The van der Waals surface area contributed by atoms with E-state index in [0.29, 0.717) is 5.41 Å². The van der Waals surface area contributed by atoms with E-state index in [-0.39, 0.29) is 5.78 Å². The maximum absolute atomic E-state index is 11.5. The number of hydrogen-bond donors (Lipinski definition) is 0. The molecular weight excluding hydrogens is 244 g/mol. The first kappa shape index (κ1) is 13.5. The van der Waals surface area contributed by atoms with Gasteiger partial charge in [0.2, 0.25) is 0 Å². The van der Waals surface area contributed by atoms with Crippen molar-refractivity contribution in [1.82, 2.24) is 4.98 Å². The number of aromatic nitrogens is 1. The summed E-state index contributed by atoms with van der Waals surface area (Å²) in [7, 11) is 0. The molecule has 1 fully saturated rings. The number of anilines is 1. The lowest BCUT2D eigenvalue weighted by Gasteiger charge is -2.26. The Morgan fingerprint density at radius 2 is 2.11 bits per heavy atom. The lowest BCUT2D eigenvalue weighted by atomic mass is 9.82. The van der Waals surface area contributed by atoms with Crippen molar-refractivity contribution in [2.45, 2.75) is 47.0 Å². The lowest BCUT2D eigenvalue weighted by molar-refractivity contribution is 0.102.